The summed E-state index contributed by atoms with van der Waals surface area (Å²) in [5.74, 6) is -0.384. The number of ether oxygens (including phenoxy) is 1. The molecule has 94 valence electrons. The van der Waals surface area contributed by atoms with E-state index >= 15 is 0 Å². The number of aromatic nitrogens is 1. The minimum atomic E-state index is -0.384. The third-order valence-corrected chi connectivity index (χ3v) is 2.35. The van der Waals surface area contributed by atoms with Crippen LogP contribution in [0.1, 0.15) is 17.4 Å². The Morgan fingerprint density at radius 1 is 1.17 bits per heavy atom. The number of halogens is 1. The quantitative estimate of drug-likeness (QED) is 0.797. The Morgan fingerprint density at radius 3 is 2.56 bits per heavy atom. The number of hydrogen-bond donors (Lipinski definition) is 0. The molecule has 0 amide bonds. The molecule has 0 atom stereocenters. The van der Waals surface area contributed by atoms with Gasteiger partial charge in [0.2, 0.25) is 0 Å². The van der Waals surface area contributed by atoms with E-state index in [2.05, 4.69) is 4.98 Å². The van der Waals surface area contributed by atoms with Gasteiger partial charge in [-0.2, -0.15) is 0 Å². The highest BCUT2D eigenvalue weighted by Crippen LogP contribution is 2.18. The molecule has 3 nitrogen and oxygen atoms in total. The number of benzene rings is 1. The molecule has 2 aromatic rings. The molecule has 0 bridgehead atoms. The fourth-order valence-electron chi connectivity index (χ4n) is 1.56. The van der Waals surface area contributed by atoms with E-state index in [9.17, 15) is 4.79 Å². The highest BCUT2D eigenvalue weighted by Gasteiger charge is 2.08. The molecule has 2 rings (SSSR count). The van der Waals surface area contributed by atoms with Crippen LogP contribution in [0.5, 0.6) is 0 Å². The van der Waals surface area contributed by atoms with Gasteiger partial charge in [0.15, 0.2) is 0 Å². The molecule has 0 spiro atoms. The van der Waals surface area contributed by atoms with Gasteiger partial charge in [-0.3, -0.25) is 0 Å². The number of carbonyl (C=O) groups excluding carboxylic acids is 1. The van der Waals surface area contributed by atoms with Crippen LogP contribution in [-0.2, 0) is 4.74 Å². The largest absolute Gasteiger partial charge is 0.461 e. The zero-order chi connectivity index (χ0) is 12.1. The van der Waals surface area contributed by atoms with Crippen LogP contribution in [-0.4, -0.2) is 17.6 Å². The number of pyridine rings is 1. The second-order valence-corrected chi connectivity index (χ2v) is 3.52. The van der Waals surface area contributed by atoms with Gasteiger partial charge in [0.1, 0.15) is 5.69 Å². The molecule has 0 N–H and O–H groups in total. The van der Waals surface area contributed by atoms with E-state index < -0.39 is 0 Å². The first-order valence-electron chi connectivity index (χ1n) is 5.50. The van der Waals surface area contributed by atoms with Crippen molar-refractivity contribution in [3.8, 4) is 11.1 Å². The molecule has 0 aliphatic heterocycles. The number of nitrogens with zero attached hydrogens (tertiary/aromatic N) is 1. The molecule has 0 aliphatic rings. The summed E-state index contributed by atoms with van der Waals surface area (Å²) in [6.45, 7) is 2.13. The van der Waals surface area contributed by atoms with Crippen molar-refractivity contribution < 1.29 is 9.53 Å². The van der Waals surface area contributed by atoms with Crippen LogP contribution in [0, 0.1) is 0 Å². The third kappa shape index (κ3) is 3.31. The lowest BCUT2D eigenvalue weighted by Crippen LogP contribution is -2.06. The van der Waals surface area contributed by atoms with Crippen LogP contribution in [0.15, 0.2) is 48.7 Å². The summed E-state index contributed by atoms with van der Waals surface area (Å²) in [6, 6.07) is 13.5. The van der Waals surface area contributed by atoms with Crippen molar-refractivity contribution in [2.45, 2.75) is 6.92 Å². The lowest BCUT2D eigenvalue weighted by Gasteiger charge is -2.04. The summed E-state index contributed by atoms with van der Waals surface area (Å²) in [5.41, 5.74) is 2.36. The number of carbonyl (C=O) groups is 1. The average Bonchev–Trinajstić information content (AvgIpc) is 2.40. The Bertz CT molecular complexity index is 514. The molecule has 0 saturated heterocycles. The molecule has 0 saturated carbocycles. The second kappa shape index (κ2) is 6.77. The Hall–Kier alpha value is -1.87. The van der Waals surface area contributed by atoms with Crippen molar-refractivity contribution in [2.24, 2.45) is 0 Å². The zero-order valence-electron chi connectivity index (χ0n) is 10.00. The van der Waals surface area contributed by atoms with Crippen LogP contribution in [0.3, 0.4) is 0 Å². The summed E-state index contributed by atoms with van der Waals surface area (Å²) in [4.78, 5) is 15.6. The van der Waals surface area contributed by atoms with E-state index in [4.69, 9.17) is 4.74 Å². The summed E-state index contributed by atoms with van der Waals surface area (Å²) in [5, 5.41) is 0. The zero-order valence-corrected chi connectivity index (χ0v) is 10.8. The Kier molecular flexibility index (Phi) is 5.33. The first-order valence-corrected chi connectivity index (χ1v) is 5.50. The van der Waals surface area contributed by atoms with E-state index in [1.54, 1.807) is 19.2 Å². The van der Waals surface area contributed by atoms with Crippen LogP contribution >= 0.6 is 12.4 Å². The minimum absolute atomic E-state index is 0. The molecule has 0 radical (unpaired) electrons. The van der Waals surface area contributed by atoms with Crippen molar-refractivity contribution in [3.63, 3.8) is 0 Å². The molecule has 4 heteroatoms. The number of rotatable bonds is 3. The topological polar surface area (TPSA) is 39.2 Å². The average molecular weight is 264 g/mol. The fraction of sp³-hybridized carbons (Fsp3) is 0.143. The van der Waals surface area contributed by atoms with Gasteiger partial charge in [0.05, 0.1) is 6.61 Å². The van der Waals surface area contributed by atoms with E-state index in [1.807, 2.05) is 36.4 Å². The van der Waals surface area contributed by atoms with Crippen molar-refractivity contribution in [1.29, 1.82) is 0 Å². The van der Waals surface area contributed by atoms with Gasteiger partial charge in [-0.05, 0) is 30.2 Å². The normalized spacial score (nSPS) is 9.39. The summed E-state index contributed by atoms with van der Waals surface area (Å²) in [7, 11) is 0. The molecule has 1 aromatic carbocycles. The van der Waals surface area contributed by atoms with Gasteiger partial charge < -0.3 is 4.74 Å². The summed E-state index contributed by atoms with van der Waals surface area (Å²) < 4.78 is 4.92. The lowest BCUT2D eigenvalue weighted by atomic mass is 10.1. The van der Waals surface area contributed by atoms with E-state index in [1.165, 1.54) is 0 Å². The minimum Gasteiger partial charge on any atom is -0.461 e. The monoisotopic (exact) mass is 263 g/mol. The van der Waals surface area contributed by atoms with Crippen molar-refractivity contribution >= 4 is 18.4 Å². The first-order chi connectivity index (χ1) is 8.31. The molecule has 0 fully saturated rings. The van der Waals surface area contributed by atoms with Gasteiger partial charge in [0.25, 0.3) is 0 Å². The number of esters is 1. The highest BCUT2D eigenvalue weighted by atomic mass is 35.5. The molecule has 1 heterocycles. The van der Waals surface area contributed by atoms with E-state index in [0.717, 1.165) is 11.1 Å². The lowest BCUT2D eigenvalue weighted by molar-refractivity contribution is 0.0519. The summed E-state index contributed by atoms with van der Waals surface area (Å²) in [6.07, 6.45) is 1.62. The second-order valence-electron chi connectivity index (χ2n) is 3.52. The first kappa shape index (κ1) is 14.2. The highest BCUT2D eigenvalue weighted by molar-refractivity contribution is 5.88. The predicted octanol–water partition coefficient (Wildman–Crippen LogP) is 3.35. The Balaban J connectivity index is 0.00000162. The van der Waals surface area contributed by atoms with E-state index in [-0.39, 0.29) is 18.4 Å². The van der Waals surface area contributed by atoms with Crippen molar-refractivity contribution in [1.82, 2.24) is 4.98 Å². The standard InChI is InChI=1S/C14H13NO2.ClH/c1-2-17-14(16)13-10-12(8-9-15-13)11-6-4-3-5-7-11;/h3-10H,2H2,1H3;1H. The maximum absolute atomic E-state index is 11.5. The SMILES string of the molecule is CCOC(=O)c1cc(-c2ccccc2)ccn1.Cl. The summed E-state index contributed by atoms with van der Waals surface area (Å²) >= 11 is 0. The molecular weight excluding hydrogens is 250 g/mol. The third-order valence-electron chi connectivity index (χ3n) is 2.35. The van der Waals surface area contributed by atoms with Crippen LogP contribution in [0.2, 0.25) is 0 Å². The molecule has 0 aliphatic carbocycles. The van der Waals surface area contributed by atoms with Gasteiger partial charge in [0, 0.05) is 6.20 Å². The maximum Gasteiger partial charge on any atom is 0.356 e. The van der Waals surface area contributed by atoms with Crippen LogP contribution < -0.4 is 0 Å². The van der Waals surface area contributed by atoms with E-state index in [0.29, 0.717) is 12.3 Å². The molecule has 0 unspecified atom stereocenters. The van der Waals surface area contributed by atoms with Gasteiger partial charge >= 0.3 is 5.97 Å². The van der Waals surface area contributed by atoms with Gasteiger partial charge in [-0.15, -0.1) is 12.4 Å². The van der Waals surface area contributed by atoms with Gasteiger partial charge in [-0.1, -0.05) is 30.3 Å². The van der Waals surface area contributed by atoms with Gasteiger partial charge in [-0.25, -0.2) is 9.78 Å². The van der Waals surface area contributed by atoms with Crippen molar-refractivity contribution in [2.75, 3.05) is 6.61 Å². The smallest absolute Gasteiger partial charge is 0.356 e. The predicted molar refractivity (Wildman–Crippen MR) is 72.9 cm³/mol. The maximum atomic E-state index is 11.5. The number of hydrogen-bond acceptors (Lipinski definition) is 3. The molecule has 18 heavy (non-hydrogen) atoms. The fourth-order valence-corrected chi connectivity index (χ4v) is 1.56. The van der Waals surface area contributed by atoms with Crippen molar-refractivity contribution in [3.05, 3.63) is 54.4 Å². The Labute approximate surface area is 112 Å². The Morgan fingerprint density at radius 2 is 1.89 bits per heavy atom. The van der Waals surface area contributed by atoms with Crippen LogP contribution in [0.4, 0.5) is 0 Å². The van der Waals surface area contributed by atoms with Crippen LogP contribution in [0.25, 0.3) is 11.1 Å². The molecular formula is C14H14ClNO2. The molecule has 1 aromatic heterocycles.